The smallest absolute Gasteiger partial charge is 0.244 e. The van der Waals surface area contributed by atoms with Gasteiger partial charge in [0, 0.05) is 19.7 Å². The summed E-state index contributed by atoms with van der Waals surface area (Å²) in [5, 5.41) is 2.53. The largest absolute Gasteiger partial charge is 0.497 e. The molecule has 10 heteroatoms. The second kappa shape index (κ2) is 10.9. The van der Waals surface area contributed by atoms with Crippen LogP contribution in [0.5, 0.6) is 11.5 Å². The van der Waals surface area contributed by atoms with Gasteiger partial charge in [0.25, 0.3) is 0 Å². The molecular weight excluding hydrogens is 434 g/mol. The van der Waals surface area contributed by atoms with Gasteiger partial charge in [-0.2, -0.15) is 0 Å². The Balaban J connectivity index is 2.40. The van der Waals surface area contributed by atoms with Gasteiger partial charge in [0.2, 0.25) is 21.8 Å². The normalized spacial score (nSPS) is 11.9. The maximum Gasteiger partial charge on any atom is 0.244 e. The van der Waals surface area contributed by atoms with Crippen molar-refractivity contribution >= 4 is 27.5 Å². The van der Waals surface area contributed by atoms with E-state index in [1.54, 1.807) is 49.4 Å². The molecule has 0 unspecified atom stereocenters. The van der Waals surface area contributed by atoms with Crippen LogP contribution in [-0.4, -0.2) is 65.2 Å². The molecule has 2 aromatic rings. The van der Waals surface area contributed by atoms with Crippen molar-refractivity contribution in [2.24, 2.45) is 0 Å². The number of methoxy groups -OCH3 is 2. The van der Waals surface area contributed by atoms with Crippen molar-refractivity contribution < 1.29 is 27.5 Å². The highest BCUT2D eigenvalue weighted by atomic mass is 32.2. The molecule has 0 radical (unpaired) electrons. The Morgan fingerprint density at radius 1 is 1.03 bits per heavy atom. The minimum absolute atomic E-state index is 0.0976. The Morgan fingerprint density at radius 3 is 2.19 bits per heavy atom. The quantitative estimate of drug-likeness (QED) is 0.574. The number of likely N-dealkylation sites (N-methyl/N-ethyl adjacent to an activating group) is 1. The summed E-state index contributed by atoms with van der Waals surface area (Å²) in [7, 11) is 0.685. The number of sulfonamides is 1. The number of nitrogens with zero attached hydrogens (tertiary/aromatic N) is 2. The summed E-state index contributed by atoms with van der Waals surface area (Å²) in [5.74, 6) is 0.165. The van der Waals surface area contributed by atoms with Crippen LogP contribution in [0.25, 0.3) is 0 Å². The Labute approximate surface area is 189 Å². The van der Waals surface area contributed by atoms with Crippen LogP contribution < -0.4 is 19.1 Å². The van der Waals surface area contributed by atoms with E-state index in [0.29, 0.717) is 11.5 Å². The first-order chi connectivity index (χ1) is 15.1. The van der Waals surface area contributed by atoms with E-state index in [4.69, 9.17) is 9.47 Å². The molecule has 0 bridgehead atoms. The van der Waals surface area contributed by atoms with Crippen LogP contribution >= 0.6 is 0 Å². The lowest BCUT2D eigenvalue weighted by atomic mass is 10.1. The molecule has 9 nitrogen and oxygen atoms in total. The number of benzene rings is 2. The number of nitrogens with one attached hydrogen (secondary N) is 1. The fraction of sp³-hybridized carbons (Fsp3) is 0.364. The maximum atomic E-state index is 13.3. The van der Waals surface area contributed by atoms with Gasteiger partial charge in [0.15, 0.2) is 0 Å². The van der Waals surface area contributed by atoms with Crippen molar-refractivity contribution in [3.05, 3.63) is 54.1 Å². The third-order valence-corrected chi connectivity index (χ3v) is 6.06. The minimum atomic E-state index is -3.80. The van der Waals surface area contributed by atoms with Gasteiger partial charge in [-0.1, -0.05) is 18.2 Å². The Hall–Kier alpha value is -3.27. The van der Waals surface area contributed by atoms with Crippen LogP contribution in [0.1, 0.15) is 12.5 Å². The molecule has 2 aromatic carbocycles. The van der Waals surface area contributed by atoms with E-state index in [1.807, 2.05) is 0 Å². The molecule has 2 rings (SSSR count). The van der Waals surface area contributed by atoms with Crippen LogP contribution in [-0.2, 0) is 26.2 Å². The zero-order valence-corrected chi connectivity index (χ0v) is 19.7. The highest BCUT2D eigenvalue weighted by Gasteiger charge is 2.29. The monoisotopic (exact) mass is 463 g/mol. The second-order valence-corrected chi connectivity index (χ2v) is 9.04. The molecule has 0 aliphatic heterocycles. The molecule has 0 heterocycles. The van der Waals surface area contributed by atoms with Crippen molar-refractivity contribution in [3.63, 3.8) is 0 Å². The number of hydrogen-bond donors (Lipinski definition) is 1. The molecule has 0 saturated heterocycles. The maximum absolute atomic E-state index is 13.3. The Kier molecular flexibility index (Phi) is 8.48. The number of carbonyl (C=O) groups is 2. The average molecular weight is 464 g/mol. The average Bonchev–Trinajstić information content (AvgIpc) is 2.79. The molecule has 0 aliphatic rings. The van der Waals surface area contributed by atoms with E-state index in [0.717, 1.165) is 16.1 Å². The molecule has 0 saturated carbocycles. The van der Waals surface area contributed by atoms with Crippen molar-refractivity contribution in [1.29, 1.82) is 0 Å². The van der Waals surface area contributed by atoms with E-state index < -0.39 is 28.5 Å². The van der Waals surface area contributed by atoms with Crippen molar-refractivity contribution in [3.8, 4) is 11.5 Å². The highest BCUT2D eigenvalue weighted by Crippen LogP contribution is 2.24. The minimum Gasteiger partial charge on any atom is -0.497 e. The van der Waals surface area contributed by atoms with Gasteiger partial charge < -0.3 is 19.7 Å². The van der Waals surface area contributed by atoms with Gasteiger partial charge in [0.05, 0.1) is 26.2 Å². The molecule has 0 aromatic heterocycles. The first kappa shape index (κ1) is 25.0. The van der Waals surface area contributed by atoms with E-state index in [1.165, 1.54) is 32.2 Å². The number of ether oxygens (including phenoxy) is 2. The lowest BCUT2D eigenvalue weighted by Gasteiger charge is -2.31. The molecule has 2 amide bonds. The van der Waals surface area contributed by atoms with E-state index in [9.17, 15) is 18.0 Å². The lowest BCUT2D eigenvalue weighted by Crippen LogP contribution is -2.50. The zero-order chi connectivity index (χ0) is 23.9. The van der Waals surface area contributed by atoms with E-state index in [2.05, 4.69) is 5.32 Å². The second-order valence-electron chi connectivity index (χ2n) is 7.13. The van der Waals surface area contributed by atoms with E-state index in [-0.39, 0.29) is 18.1 Å². The van der Waals surface area contributed by atoms with Gasteiger partial charge in [0.1, 0.15) is 24.1 Å². The molecule has 1 atom stereocenters. The number of anilines is 1. The van der Waals surface area contributed by atoms with Crippen molar-refractivity contribution in [1.82, 2.24) is 10.2 Å². The van der Waals surface area contributed by atoms with Crippen LogP contribution in [0.2, 0.25) is 0 Å². The third-order valence-electron chi connectivity index (χ3n) is 4.92. The topological polar surface area (TPSA) is 105 Å². The predicted octanol–water partition coefficient (Wildman–Crippen LogP) is 1.63. The summed E-state index contributed by atoms with van der Waals surface area (Å²) in [6, 6.07) is 12.7. The molecule has 174 valence electrons. The highest BCUT2D eigenvalue weighted by molar-refractivity contribution is 7.92. The zero-order valence-electron chi connectivity index (χ0n) is 18.9. The van der Waals surface area contributed by atoms with Gasteiger partial charge >= 0.3 is 0 Å². The summed E-state index contributed by atoms with van der Waals surface area (Å²) < 4.78 is 36.4. The number of amides is 2. The summed E-state index contributed by atoms with van der Waals surface area (Å²) in [6.07, 6.45) is 1.02. The summed E-state index contributed by atoms with van der Waals surface area (Å²) in [6.45, 7) is 1.21. The molecule has 1 N–H and O–H groups in total. The summed E-state index contributed by atoms with van der Waals surface area (Å²) >= 11 is 0. The van der Waals surface area contributed by atoms with Crippen LogP contribution in [0, 0.1) is 0 Å². The molecule has 32 heavy (non-hydrogen) atoms. The molecule has 0 fully saturated rings. The van der Waals surface area contributed by atoms with Crippen LogP contribution in [0.3, 0.4) is 0 Å². The van der Waals surface area contributed by atoms with Gasteiger partial charge in [-0.25, -0.2) is 8.42 Å². The fourth-order valence-corrected chi connectivity index (χ4v) is 3.98. The number of rotatable bonds is 10. The van der Waals surface area contributed by atoms with Crippen LogP contribution in [0.15, 0.2) is 48.5 Å². The summed E-state index contributed by atoms with van der Waals surface area (Å²) in [4.78, 5) is 27.0. The number of carbonyl (C=O) groups excluding carboxylic acids is 2. The summed E-state index contributed by atoms with van der Waals surface area (Å²) in [5.41, 5.74) is 1.02. The first-order valence-electron chi connectivity index (χ1n) is 9.86. The van der Waals surface area contributed by atoms with Gasteiger partial charge in [-0.3, -0.25) is 13.9 Å². The number of hydrogen-bond acceptors (Lipinski definition) is 6. The SMILES string of the molecule is CNC(=O)[C@@H](C)N(Cc1cccc(OC)c1)C(=O)CN(c1cccc(OC)c1)S(C)(=O)=O. The van der Waals surface area contributed by atoms with Crippen LogP contribution in [0.4, 0.5) is 5.69 Å². The first-order valence-corrected chi connectivity index (χ1v) is 11.7. The van der Waals surface area contributed by atoms with Gasteiger partial charge in [-0.05, 0) is 36.8 Å². The Morgan fingerprint density at radius 2 is 1.62 bits per heavy atom. The lowest BCUT2D eigenvalue weighted by molar-refractivity contribution is -0.139. The molecular formula is C22H29N3O6S. The van der Waals surface area contributed by atoms with Crippen molar-refractivity contribution in [2.75, 3.05) is 38.4 Å². The van der Waals surface area contributed by atoms with Gasteiger partial charge in [-0.15, -0.1) is 0 Å². The Bertz CT molecular complexity index is 1060. The standard InChI is InChI=1S/C22H29N3O6S/c1-16(22(27)23-2)24(14-17-8-6-10-19(12-17)30-3)21(26)15-25(32(5,28)29)18-9-7-11-20(13-18)31-4/h6-13,16H,14-15H2,1-5H3,(H,23,27)/t16-/m1/s1. The molecule has 0 spiro atoms. The predicted molar refractivity (Wildman–Crippen MR) is 122 cm³/mol. The van der Waals surface area contributed by atoms with E-state index >= 15 is 0 Å². The third kappa shape index (κ3) is 6.36. The molecule has 0 aliphatic carbocycles. The van der Waals surface area contributed by atoms with Crippen molar-refractivity contribution in [2.45, 2.75) is 19.5 Å². The fourth-order valence-electron chi connectivity index (χ4n) is 3.14.